The molecule has 0 unspecified atom stereocenters. The number of hydrogen-bond acceptors (Lipinski definition) is 3. The monoisotopic (exact) mass is 285 g/mol. The molecule has 0 bridgehead atoms. The molecule has 0 atom stereocenters. The molecule has 0 saturated heterocycles. The summed E-state index contributed by atoms with van der Waals surface area (Å²) in [6.07, 6.45) is -0.0771. The number of benzene rings is 2. The number of amides is 1. The van der Waals surface area contributed by atoms with E-state index in [4.69, 9.17) is 9.84 Å². The van der Waals surface area contributed by atoms with Gasteiger partial charge in [0.1, 0.15) is 5.75 Å². The Morgan fingerprint density at radius 3 is 2.48 bits per heavy atom. The fourth-order valence-electron chi connectivity index (χ4n) is 1.88. The van der Waals surface area contributed by atoms with Gasteiger partial charge in [-0.1, -0.05) is 12.1 Å². The van der Waals surface area contributed by atoms with E-state index in [1.54, 1.807) is 55.6 Å². The van der Waals surface area contributed by atoms with E-state index >= 15 is 0 Å². The molecular formula is C16H15NO4. The van der Waals surface area contributed by atoms with Crippen molar-refractivity contribution in [2.75, 3.05) is 12.4 Å². The van der Waals surface area contributed by atoms with Gasteiger partial charge >= 0.3 is 5.97 Å². The zero-order valence-corrected chi connectivity index (χ0v) is 11.5. The zero-order chi connectivity index (χ0) is 15.2. The van der Waals surface area contributed by atoms with E-state index in [9.17, 15) is 9.59 Å². The Balaban J connectivity index is 2.09. The van der Waals surface area contributed by atoms with Crippen molar-refractivity contribution >= 4 is 17.6 Å². The largest absolute Gasteiger partial charge is 0.497 e. The minimum absolute atomic E-state index is 0.0771. The number of carboxylic acids is 1. The van der Waals surface area contributed by atoms with Gasteiger partial charge in [-0.2, -0.15) is 0 Å². The topological polar surface area (TPSA) is 75.6 Å². The minimum Gasteiger partial charge on any atom is -0.497 e. The number of ether oxygens (including phenoxy) is 1. The van der Waals surface area contributed by atoms with Crippen LogP contribution in [-0.4, -0.2) is 24.1 Å². The molecule has 5 heteroatoms. The predicted octanol–water partition coefficient (Wildman–Crippen LogP) is 2.57. The average molecular weight is 285 g/mol. The molecular weight excluding hydrogens is 270 g/mol. The van der Waals surface area contributed by atoms with Crippen molar-refractivity contribution in [3.63, 3.8) is 0 Å². The summed E-state index contributed by atoms with van der Waals surface area (Å²) in [5, 5.41) is 11.5. The van der Waals surface area contributed by atoms with Crippen LogP contribution >= 0.6 is 0 Å². The molecule has 0 aliphatic rings. The van der Waals surface area contributed by atoms with E-state index in [0.29, 0.717) is 22.6 Å². The second-order valence-electron chi connectivity index (χ2n) is 4.45. The highest BCUT2D eigenvalue weighted by Crippen LogP contribution is 2.15. The van der Waals surface area contributed by atoms with E-state index in [1.807, 2.05) is 0 Å². The molecule has 1 amide bonds. The van der Waals surface area contributed by atoms with Gasteiger partial charge in [-0.15, -0.1) is 0 Å². The summed E-state index contributed by atoms with van der Waals surface area (Å²) in [6.45, 7) is 0. The van der Waals surface area contributed by atoms with Gasteiger partial charge in [-0.05, 0) is 42.0 Å². The maximum absolute atomic E-state index is 12.1. The van der Waals surface area contributed by atoms with Crippen LogP contribution in [0.25, 0.3) is 0 Å². The summed E-state index contributed by atoms with van der Waals surface area (Å²) in [5.74, 6) is -0.492. The molecule has 2 N–H and O–H groups in total. The summed E-state index contributed by atoms with van der Waals surface area (Å²) < 4.78 is 5.03. The van der Waals surface area contributed by atoms with Gasteiger partial charge in [-0.3, -0.25) is 9.59 Å². The zero-order valence-electron chi connectivity index (χ0n) is 11.5. The molecule has 2 aromatic carbocycles. The van der Waals surface area contributed by atoms with Gasteiger partial charge in [0.2, 0.25) is 0 Å². The van der Waals surface area contributed by atoms with Crippen LogP contribution in [0.3, 0.4) is 0 Å². The van der Waals surface area contributed by atoms with Crippen molar-refractivity contribution in [3.05, 3.63) is 59.7 Å². The van der Waals surface area contributed by atoms with Crippen LogP contribution in [0.5, 0.6) is 5.75 Å². The summed E-state index contributed by atoms with van der Waals surface area (Å²) in [5.41, 5.74) is 1.70. The molecule has 0 aromatic heterocycles. The van der Waals surface area contributed by atoms with Crippen molar-refractivity contribution in [2.24, 2.45) is 0 Å². The first-order valence-electron chi connectivity index (χ1n) is 6.34. The molecule has 0 aliphatic carbocycles. The van der Waals surface area contributed by atoms with E-state index in [-0.39, 0.29) is 12.3 Å². The second kappa shape index (κ2) is 6.56. The average Bonchev–Trinajstić information content (AvgIpc) is 2.47. The number of carbonyl (C=O) groups is 2. The predicted molar refractivity (Wildman–Crippen MR) is 78.7 cm³/mol. The third kappa shape index (κ3) is 4.07. The molecule has 0 spiro atoms. The first-order valence-corrected chi connectivity index (χ1v) is 6.34. The highest BCUT2D eigenvalue weighted by molar-refractivity contribution is 6.04. The number of nitrogens with one attached hydrogen (secondary N) is 1. The SMILES string of the molecule is COc1ccc(C(=O)Nc2cccc(CC(=O)O)c2)cc1. The second-order valence-corrected chi connectivity index (χ2v) is 4.45. The van der Waals surface area contributed by atoms with Crippen LogP contribution in [0, 0.1) is 0 Å². The quantitative estimate of drug-likeness (QED) is 0.885. The molecule has 2 rings (SSSR count). The fraction of sp³-hybridized carbons (Fsp3) is 0.125. The highest BCUT2D eigenvalue weighted by atomic mass is 16.5. The molecule has 0 fully saturated rings. The Morgan fingerprint density at radius 2 is 1.86 bits per heavy atom. The number of anilines is 1. The maximum atomic E-state index is 12.1. The van der Waals surface area contributed by atoms with Crippen LogP contribution < -0.4 is 10.1 Å². The van der Waals surface area contributed by atoms with Crippen molar-refractivity contribution in [1.29, 1.82) is 0 Å². The third-order valence-corrected chi connectivity index (χ3v) is 2.89. The Bertz CT molecular complexity index is 650. The standard InChI is InChI=1S/C16H15NO4/c1-21-14-7-5-12(6-8-14)16(20)17-13-4-2-3-11(9-13)10-15(18)19/h2-9H,10H2,1H3,(H,17,20)(H,18,19). The fourth-order valence-corrected chi connectivity index (χ4v) is 1.88. The van der Waals surface area contributed by atoms with Crippen molar-refractivity contribution in [2.45, 2.75) is 6.42 Å². The molecule has 0 heterocycles. The number of carboxylic acid groups (broad SMARTS) is 1. The van der Waals surface area contributed by atoms with Crippen molar-refractivity contribution < 1.29 is 19.4 Å². The van der Waals surface area contributed by atoms with Gasteiger partial charge in [0.15, 0.2) is 0 Å². The number of carbonyl (C=O) groups excluding carboxylic acids is 1. The van der Waals surface area contributed by atoms with Crippen LogP contribution in [0.2, 0.25) is 0 Å². The molecule has 108 valence electrons. The Kier molecular flexibility index (Phi) is 4.56. The maximum Gasteiger partial charge on any atom is 0.307 e. The molecule has 2 aromatic rings. The lowest BCUT2D eigenvalue weighted by molar-refractivity contribution is -0.136. The van der Waals surface area contributed by atoms with Gasteiger partial charge in [-0.25, -0.2) is 0 Å². The van der Waals surface area contributed by atoms with Gasteiger partial charge in [0.25, 0.3) is 5.91 Å². The van der Waals surface area contributed by atoms with Crippen LogP contribution in [0.4, 0.5) is 5.69 Å². The Labute approximate surface area is 122 Å². The number of rotatable bonds is 5. The number of hydrogen-bond donors (Lipinski definition) is 2. The van der Waals surface area contributed by atoms with Gasteiger partial charge < -0.3 is 15.2 Å². The first kappa shape index (κ1) is 14.6. The van der Waals surface area contributed by atoms with Gasteiger partial charge in [0.05, 0.1) is 13.5 Å². The smallest absolute Gasteiger partial charge is 0.307 e. The number of methoxy groups -OCH3 is 1. The normalized spacial score (nSPS) is 9.95. The molecule has 0 saturated carbocycles. The van der Waals surface area contributed by atoms with Crippen LogP contribution in [0.15, 0.2) is 48.5 Å². The summed E-state index contributed by atoms with van der Waals surface area (Å²) in [7, 11) is 1.56. The molecule has 0 aliphatic heterocycles. The first-order chi connectivity index (χ1) is 10.1. The van der Waals surface area contributed by atoms with Gasteiger partial charge in [0, 0.05) is 11.3 Å². The molecule has 5 nitrogen and oxygen atoms in total. The lowest BCUT2D eigenvalue weighted by Gasteiger charge is -2.07. The van der Waals surface area contributed by atoms with Crippen LogP contribution in [-0.2, 0) is 11.2 Å². The van der Waals surface area contributed by atoms with E-state index in [0.717, 1.165) is 0 Å². The molecule has 0 radical (unpaired) electrons. The number of aliphatic carboxylic acids is 1. The van der Waals surface area contributed by atoms with Crippen molar-refractivity contribution in [3.8, 4) is 5.75 Å². The van der Waals surface area contributed by atoms with Crippen LogP contribution in [0.1, 0.15) is 15.9 Å². The highest BCUT2D eigenvalue weighted by Gasteiger charge is 2.07. The molecule has 21 heavy (non-hydrogen) atoms. The lowest BCUT2D eigenvalue weighted by Crippen LogP contribution is -2.12. The van der Waals surface area contributed by atoms with E-state index in [1.165, 1.54) is 0 Å². The van der Waals surface area contributed by atoms with E-state index in [2.05, 4.69) is 5.32 Å². The summed E-state index contributed by atoms with van der Waals surface area (Å²) >= 11 is 0. The Hall–Kier alpha value is -2.82. The third-order valence-electron chi connectivity index (χ3n) is 2.89. The van der Waals surface area contributed by atoms with E-state index < -0.39 is 5.97 Å². The minimum atomic E-state index is -0.909. The lowest BCUT2D eigenvalue weighted by atomic mass is 10.1. The van der Waals surface area contributed by atoms with Crippen molar-refractivity contribution in [1.82, 2.24) is 0 Å². The summed E-state index contributed by atoms with van der Waals surface area (Å²) in [4.78, 5) is 22.8. The Morgan fingerprint density at radius 1 is 1.14 bits per heavy atom. The summed E-state index contributed by atoms with van der Waals surface area (Å²) in [6, 6.07) is 13.5.